The van der Waals surface area contributed by atoms with Gasteiger partial charge >= 0.3 is 0 Å². The Hall–Kier alpha value is -0.940. The lowest BCUT2D eigenvalue weighted by molar-refractivity contribution is 0.696. The normalized spacial score (nSPS) is 16.1. The molecule has 2 aromatic heterocycles. The zero-order valence-corrected chi connectivity index (χ0v) is 13.2. The summed E-state index contributed by atoms with van der Waals surface area (Å²) in [5.41, 5.74) is 7.06. The number of nitrogens with zero attached hydrogens (tertiary/aromatic N) is 2. The highest BCUT2D eigenvalue weighted by molar-refractivity contribution is 9.10. The maximum atomic E-state index is 5.95. The topological polar surface area (TPSA) is 51.8 Å². The van der Waals surface area contributed by atoms with E-state index in [0.717, 1.165) is 20.9 Å². The minimum atomic E-state index is 0.563. The van der Waals surface area contributed by atoms with E-state index in [9.17, 15) is 0 Å². The van der Waals surface area contributed by atoms with Gasteiger partial charge in [-0.05, 0) is 41.8 Å². The number of rotatable bonds is 2. The van der Waals surface area contributed by atoms with Gasteiger partial charge in [-0.3, -0.25) is 0 Å². The van der Waals surface area contributed by atoms with Crippen molar-refractivity contribution in [3.63, 3.8) is 0 Å². The summed E-state index contributed by atoms with van der Waals surface area (Å²) in [5.74, 6) is 1.91. The fourth-order valence-corrected chi connectivity index (χ4v) is 4.07. The van der Waals surface area contributed by atoms with Gasteiger partial charge in [-0.15, -0.1) is 11.3 Å². The Morgan fingerprint density at radius 3 is 2.63 bits per heavy atom. The Morgan fingerprint density at radius 2 is 2.00 bits per heavy atom. The Morgan fingerprint density at radius 1 is 1.26 bits per heavy atom. The summed E-state index contributed by atoms with van der Waals surface area (Å²) in [6.45, 7) is 2.09. The molecule has 2 N–H and O–H groups in total. The first-order valence-corrected chi connectivity index (χ1v) is 8.15. The molecule has 100 valence electrons. The predicted octanol–water partition coefficient (Wildman–Crippen LogP) is 4.52. The lowest BCUT2D eigenvalue weighted by atomic mass is 10.0. The third-order valence-corrected chi connectivity index (χ3v) is 5.75. The van der Waals surface area contributed by atoms with Gasteiger partial charge in [0.2, 0.25) is 0 Å². The predicted molar refractivity (Wildman–Crippen MR) is 83.4 cm³/mol. The standard InChI is InChI=1S/C14H16BrN3S/c1-8-10(15)6-12(19-8)14-17-11(7-13(16)18-14)9-4-2-3-5-9/h6-7,9H,2-5H2,1H3,(H2,16,17,18). The summed E-state index contributed by atoms with van der Waals surface area (Å²) in [5, 5.41) is 0. The second-order valence-electron chi connectivity index (χ2n) is 5.04. The molecule has 3 nitrogen and oxygen atoms in total. The fraction of sp³-hybridized carbons (Fsp3) is 0.429. The van der Waals surface area contributed by atoms with Gasteiger partial charge in [0.15, 0.2) is 5.82 Å². The minimum Gasteiger partial charge on any atom is -0.384 e. The number of aromatic nitrogens is 2. The summed E-state index contributed by atoms with van der Waals surface area (Å²) in [6.07, 6.45) is 5.05. The molecule has 19 heavy (non-hydrogen) atoms. The van der Waals surface area contributed by atoms with Crippen molar-refractivity contribution in [1.29, 1.82) is 0 Å². The molecule has 0 saturated heterocycles. The van der Waals surface area contributed by atoms with E-state index in [1.54, 1.807) is 11.3 Å². The van der Waals surface area contributed by atoms with Crippen molar-refractivity contribution in [3.05, 3.63) is 27.2 Å². The Balaban J connectivity index is 2.01. The van der Waals surface area contributed by atoms with Crippen LogP contribution in [0.3, 0.4) is 0 Å². The lowest BCUT2D eigenvalue weighted by Crippen LogP contribution is -2.02. The number of hydrogen-bond donors (Lipinski definition) is 1. The van der Waals surface area contributed by atoms with Gasteiger partial charge in [-0.2, -0.15) is 0 Å². The highest BCUT2D eigenvalue weighted by Gasteiger charge is 2.20. The molecule has 0 bridgehead atoms. The third kappa shape index (κ3) is 2.67. The van der Waals surface area contributed by atoms with Crippen molar-refractivity contribution in [2.75, 3.05) is 5.73 Å². The van der Waals surface area contributed by atoms with Crippen molar-refractivity contribution >= 4 is 33.1 Å². The highest BCUT2D eigenvalue weighted by Crippen LogP contribution is 2.36. The van der Waals surface area contributed by atoms with E-state index in [1.165, 1.54) is 30.6 Å². The largest absolute Gasteiger partial charge is 0.384 e. The average molecular weight is 338 g/mol. The van der Waals surface area contributed by atoms with Crippen LogP contribution < -0.4 is 5.73 Å². The van der Waals surface area contributed by atoms with Crippen molar-refractivity contribution in [3.8, 4) is 10.7 Å². The van der Waals surface area contributed by atoms with Gasteiger partial charge in [0.25, 0.3) is 0 Å². The van der Waals surface area contributed by atoms with Crippen LogP contribution in [-0.2, 0) is 0 Å². The van der Waals surface area contributed by atoms with Crippen LogP contribution >= 0.6 is 27.3 Å². The molecule has 0 spiro atoms. The van der Waals surface area contributed by atoms with Gasteiger partial charge in [-0.1, -0.05) is 12.8 Å². The van der Waals surface area contributed by atoms with Gasteiger partial charge < -0.3 is 5.73 Å². The van der Waals surface area contributed by atoms with E-state index in [2.05, 4.69) is 33.9 Å². The van der Waals surface area contributed by atoms with Crippen LogP contribution in [0.15, 0.2) is 16.6 Å². The number of nitrogen functional groups attached to an aromatic ring is 1. The summed E-state index contributed by atoms with van der Waals surface area (Å²) in [6, 6.07) is 4.02. The Bertz CT molecular complexity index is 583. The van der Waals surface area contributed by atoms with Crippen molar-refractivity contribution in [2.45, 2.75) is 38.5 Å². The van der Waals surface area contributed by atoms with Gasteiger partial charge in [0.05, 0.1) is 4.88 Å². The van der Waals surface area contributed by atoms with Crippen molar-refractivity contribution < 1.29 is 0 Å². The molecule has 0 atom stereocenters. The molecule has 0 unspecified atom stereocenters. The number of halogens is 1. The molecular formula is C14H16BrN3S. The maximum Gasteiger partial charge on any atom is 0.171 e. The van der Waals surface area contributed by atoms with Crippen molar-refractivity contribution in [2.24, 2.45) is 0 Å². The molecule has 2 aromatic rings. The second kappa shape index (κ2) is 5.21. The molecule has 1 aliphatic rings. The number of hydrogen-bond acceptors (Lipinski definition) is 4. The maximum absolute atomic E-state index is 5.95. The van der Waals surface area contributed by atoms with E-state index in [0.29, 0.717) is 11.7 Å². The molecule has 5 heteroatoms. The SMILES string of the molecule is Cc1sc(-c2nc(N)cc(C3CCCC3)n2)cc1Br. The van der Waals surface area contributed by atoms with Crippen LogP contribution in [0.5, 0.6) is 0 Å². The van der Waals surface area contributed by atoms with Crippen LogP contribution in [0.4, 0.5) is 5.82 Å². The molecule has 2 heterocycles. The molecule has 1 saturated carbocycles. The second-order valence-corrected chi connectivity index (χ2v) is 7.15. The minimum absolute atomic E-state index is 0.563. The van der Waals surface area contributed by atoms with E-state index < -0.39 is 0 Å². The monoisotopic (exact) mass is 337 g/mol. The van der Waals surface area contributed by atoms with E-state index in [-0.39, 0.29) is 0 Å². The average Bonchev–Trinajstić information content (AvgIpc) is 3.00. The van der Waals surface area contributed by atoms with Crippen LogP contribution in [-0.4, -0.2) is 9.97 Å². The molecule has 3 rings (SSSR count). The summed E-state index contributed by atoms with van der Waals surface area (Å²) >= 11 is 5.24. The summed E-state index contributed by atoms with van der Waals surface area (Å²) in [4.78, 5) is 11.4. The van der Waals surface area contributed by atoms with Crippen molar-refractivity contribution in [1.82, 2.24) is 9.97 Å². The first-order chi connectivity index (χ1) is 9.13. The zero-order valence-electron chi connectivity index (χ0n) is 10.8. The Kier molecular flexibility index (Phi) is 3.58. The first kappa shape index (κ1) is 13.1. The van der Waals surface area contributed by atoms with Gasteiger partial charge in [0, 0.05) is 27.0 Å². The molecule has 0 aromatic carbocycles. The molecular weight excluding hydrogens is 322 g/mol. The highest BCUT2D eigenvalue weighted by atomic mass is 79.9. The van der Waals surface area contributed by atoms with Gasteiger partial charge in [-0.25, -0.2) is 9.97 Å². The smallest absolute Gasteiger partial charge is 0.171 e. The third-order valence-electron chi connectivity index (χ3n) is 3.62. The summed E-state index contributed by atoms with van der Waals surface area (Å²) < 4.78 is 1.11. The number of thiophene rings is 1. The van der Waals surface area contributed by atoms with Crippen LogP contribution in [0.25, 0.3) is 10.7 Å². The van der Waals surface area contributed by atoms with Crippen LogP contribution in [0, 0.1) is 6.92 Å². The zero-order chi connectivity index (χ0) is 13.4. The van der Waals surface area contributed by atoms with E-state index in [4.69, 9.17) is 10.7 Å². The number of nitrogens with two attached hydrogens (primary N) is 1. The van der Waals surface area contributed by atoms with E-state index >= 15 is 0 Å². The number of aryl methyl sites for hydroxylation is 1. The lowest BCUT2D eigenvalue weighted by Gasteiger charge is -2.10. The molecule has 0 amide bonds. The molecule has 0 aliphatic heterocycles. The molecule has 1 fully saturated rings. The number of anilines is 1. The van der Waals surface area contributed by atoms with Crippen LogP contribution in [0.2, 0.25) is 0 Å². The Labute approximate surface area is 125 Å². The van der Waals surface area contributed by atoms with E-state index in [1.807, 2.05) is 6.07 Å². The molecule has 1 aliphatic carbocycles. The first-order valence-electron chi connectivity index (χ1n) is 6.54. The quantitative estimate of drug-likeness (QED) is 0.876. The summed E-state index contributed by atoms with van der Waals surface area (Å²) in [7, 11) is 0. The fourth-order valence-electron chi connectivity index (χ4n) is 2.60. The molecule has 0 radical (unpaired) electrons. The van der Waals surface area contributed by atoms with Crippen LogP contribution in [0.1, 0.15) is 42.2 Å². The van der Waals surface area contributed by atoms with Gasteiger partial charge in [0.1, 0.15) is 5.82 Å².